The molecule has 0 saturated carbocycles. The number of thioether (sulfide) groups is 1. The summed E-state index contributed by atoms with van der Waals surface area (Å²) < 4.78 is 39.7. The fraction of sp³-hybridized carbons (Fsp3) is 0.227. The van der Waals surface area contributed by atoms with Gasteiger partial charge in [0.2, 0.25) is 15.9 Å². The summed E-state index contributed by atoms with van der Waals surface area (Å²) in [5.41, 5.74) is 0.888. The first kappa shape index (κ1) is 23.4. The third kappa shape index (κ3) is 6.12. The predicted octanol–water partition coefficient (Wildman–Crippen LogP) is 4.45. The van der Waals surface area contributed by atoms with Gasteiger partial charge in [-0.3, -0.25) is 9.10 Å². The van der Waals surface area contributed by atoms with Crippen LogP contribution in [0.1, 0.15) is 5.56 Å². The minimum absolute atomic E-state index is 0.322. The summed E-state index contributed by atoms with van der Waals surface area (Å²) in [6, 6.07) is 17.3. The summed E-state index contributed by atoms with van der Waals surface area (Å²) in [5.74, 6) is 0.141. The Balaban J connectivity index is 1.59. The topological polar surface area (TPSA) is 66.5 Å². The molecule has 3 aromatic rings. The SMILES string of the molecule is CS(=O)(=O)N(CC(=O)NCCSCc1c(F)cccc1Cl)c1cccc2ccccc12. The molecule has 5 nitrogen and oxygen atoms in total. The van der Waals surface area contributed by atoms with Gasteiger partial charge in [0, 0.05) is 34.0 Å². The monoisotopic (exact) mass is 480 g/mol. The van der Waals surface area contributed by atoms with Gasteiger partial charge in [-0.15, -0.1) is 0 Å². The standard InChI is InChI=1S/C22H22ClFN2O3S2/c1-31(28,29)26(21-11-4-7-16-6-2-3-8-17(16)21)14-22(27)25-12-13-30-15-18-19(23)9-5-10-20(18)24/h2-11H,12-15H2,1H3,(H,25,27). The van der Waals surface area contributed by atoms with Gasteiger partial charge >= 0.3 is 0 Å². The van der Waals surface area contributed by atoms with E-state index < -0.39 is 15.9 Å². The molecule has 0 unspecified atom stereocenters. The summed E-state index contributed by atoms with van der Waals surface area (Å²) in [5, 5.41) is 4.73. The molecule has 0 aliphatic carbocycles. The Morgan fingerprint density at radius 1 is 1.10 bits per heavy atom. The molecule has 3 rings (SSSR count). The van der Waals surface area contributed by atoms with Gasteiger partial charge in [-0.1, -0.05) is 54.1 Å². The van der Waals surface area contributed by atoms with E-state index in [9.17, 15) is 17.6 Å². The minimum Gasteiger partial charge on any atom is -0.354 e. The zero-order valence-electron chi connectivity index (χ0n) is 16.8. The number of hydrogen-bond acceptors (Lipinski definition) is 4. The van der Waals surface area contributed by atoms with Gasteiger partial charge in [-0.05, 0) is 23.6 Å². The Hall–Kier alpha value is -2.29. The van der Waals surface area contributed by atoms with E-state index in [2.05, 4.69) is 5.32 Å². The van der Waals surface area contributed by atoms with Crippen molar-refractivity contribution in [2.45, 2.75) is 5.75 Å². The number of amides is 1. The second-order valence-electron chi connectivity index (χ2n) is 6.87. The number of carbonyl (C=O) groups is 1. The van der Waals surface area contributed by atoms with Crippen molar-refractivity contribution in [3.05, 3.63) is 77.1 Å². The molecule has 0 atom stereocenters. The van der Waals surface area contributed by atoms with Crippen molar-refractivity contribution < 1.29 is 17.6 Å². The fourth-order valence-electron chi connectivity index (χ4n) is 3.10. The number of fused-ring (bicyclic) bond motifs is 1. The van der Waals surface area contributed by atoms with Crippen LogP contribution in [0.25, 0.3) is 10.8 Å². The summed E-state index contributed by atoms with van der Waals surface area (Å²) in [6.07, 6.45) is 1.08. The quantitative estimate of drug-likeness (QED) is 0.459. The van der Waals surface area contributed by atoms with Crippen LogP contribution in [0.2, 0.25) is 5.02 Å². The molecule has 0 fully saturated rings. The number of nitrogens with one attached hydrogen (secondary N) is 1. The van der Waals surface area contributed by atoms with Crippen molar-refractivity contribution in [3.63, 3.8) is 0 Å². The number of anilines is 1. The van der Waals surface area contributed by atoms with E-state index in [-0.39, 0.29) is 12.4 Å². The third-order valence-electron chi connectivity index (χ3n) is 4.60. The van der Waals surface area contributed by atoms with Gasteiger partial charge in [0.15, 0.2) is 0 Å². The lowest BCUT2D eigenvalue weighted by Gasteiger charge is -2.23. The first-order valence-electron chi connectivity index (χ1n) is 9.50. The lowest BCUT2D eigenvalue weighted by molar-refractivity contribution is -0.119. The average molecular weight is 481 g/mol. The fourth-order valence-corrected chi connectivity index (χ4v) is 5.17. The number of halogens is 2. The van der Waals surface area contributed by atoms with E-state index >= 15 is 0 Å². The van der Waals surface area contributed by atoms with Crippen molar-refractivity contribution in [1.29, 1.82) is 0 Å². The molecule has 9 heteroatoms. The maximum absolute atomic E-state index is 13.8. The van der Waals surface area contributed by atoms with E-state index in [0.29, 0.717) is 34.3 Å². The van der Waals surface area contributed by atoms with Crippen molar-refractivity contribution in [2.75, 3.05) is 29.4 Å². The summed E-state index contributed by atoms with van der Waals surface area (Å²) in [6.45, 7) is -0.000635. The first-order valence-corrected chi connectivity index (χ1v) is 12.9. The molecule has 164 valence electrons. The molecule has 0 aromatic heterocycles. The summed E-state index contributed by atoms with van der Waals surface area (Å²) >= 11 is 7.44. The van der Waals surface area contributed by atoms with Crippen LogP contribution in [-0.2, 0) is 20.6 Å². The van der Waals surface area contributed by atoms with E-state index in [4.69, 9.17) is 11.6 Å². The van der Waals surface area contributed by atoms with E-state index in [1.807, 2.05) is 30.3 Å². The molecule has 1 amide bonds. The lowest BCUT2D eigenvalue weighted by atomic mass is 10.1. The van der Waals surface area contributed by atoms with Crippen molar-refractivity contribution >= 4 is 55.8 Å². The molecular weight excluding hydrogens is 459 g/mol. The highest BCUT2D eigenvalue weighted by Gasteiger charge is 2.22. The summed E-state index contributed by atoms with van der Waals surface area (Å²) in [4.78, 5) is 12.4. The normalized spacial score (nSPS) is 11.5. The third-order valence-corrected chi connectivity index (χ3v) is 7.07. The van der Waals surface area contributed by atoms with Crippen LogP contribution >= 0.6 is 23.4 Å². The number of nitrogens with zero attached hydrogens (tertiary/aromatic N) is 1. The Kier molecular flexibility index (Phi) is 7.80. The molecule has 1 N–H and O–H groups in total. The molecule has 0 spiro atoms. The van der Waals surface area contributed by atoms with Crippen molar-refractivity contribution in [1.82, 2.24) is 5.32 Å². The molecule has 0 heterocycles. The number of hydrogen-bond donors (Lipinski definition) is 1. The van der Waals surface area contributed by atoms with E-state index in [1.165, 1.54) is 17.8 Å². The van der Waals surface area contributed by atoms with Crippen LogP contribution in [0.15, 0.2) is 60.7 Å². The Labute approximate surface area is 190 Å². The second kappa shape index (κ2) is 10.3. The van der Waals surface area contributed by atoms with Gasteiger partial charge in [-0.25, -0.2) is 12.8 Å². The van der Waals surface area contributed by atoms with Gasteiger partial charge in [0.1, 0.15) is 12.4 Å². The predicted molar refractivity (Wildman–Crippen MR) is 127 cm³/mol. The minimum atomic E-state index is -3.67. The number of benzene rings is 3. The van der Waals surface area contributed by atoms with Gasteiger partial charge in [-0.2, -0.15) is 11.8 Å². The largest absolute Gasteiger partial charge is 0.354 e. The maximum atomic E-state index is 13.8. The van der Waals surface area contributed by atoms with Crippen molar-refractivity contribution in [2.24, 2.45) is 0 Å². The van der Waals surface area contributed by atoms with Gasteiger partial charge in [0.25, 0.3) is 0 Å². The zero-order valence-corrected chi connectivity index (χ0v) is 19.2. The molecule has 3 aromatic carbocycles. The van der Waals surface area contributed by atoms with Crippen LogP contribution in [0.4, 0.5) is 10.1 Å². The van der Waals surface area contributed by atoms with E-state index in [1.54, 1.807) is 24.3 Å². The Morgan fingerprint density at radius 2 is 1.81 bits per heavy atom. The molecule has 0 aliphatic rings. The highest BCUT2D eigenvalue weighted by Crippen LogP contribution is 2.28. The zero-order chi connectivity index (χ0) is 22.4. The van der Waals surface area contributed by atoms with Crippen molar-refractivity contribution in [3.8, 4) is 0 Å². The lowest BCUT2D eigenvalue weighted by Crippen LogP contribution is -2.41. The molecule has 0 bridgehead atoms. The Bertz CT molecular complexity index is 1160. The van der Waals surface area contributed by atoms with E-state index in [0.717, 1.165) is 21.3 Å². The first-order chi connectivity index (χ1) is 14.8. The molecular formula is C22H22ClFN2O3S2. The molecule has 0 radical (unpaired) electrons. The number of sulfonamides is 1. The molecule has 31 heavy (non-hydrogen) atoms. The smallest absolute Gasteiger partial charge is 0.240 e. The van der Waals surface area contributed by atoms with Crippen LogP contribution in [0.5, 0.6) is 0 Å². The Morgan fingerprint density at radius 3 is 2.55 bits per heavy atom. The highest BCUT2D eigenvalue weighted by molar-refractivity contribution is 7.98. The number of rotatable bonds is 9. The highest BCUT2D eigenvalue weighted by atomic mass is 35.5. The van der Waals surface area contributed by atoms with Crippen LogP contribution < -0.4 is 9.62 Å². The maximum Gasteiger partial charge on any atom is 0.240 e. The van der Waals surface area contributed by atoms with Gasteiger partial charge < -0.3 is 5.32 Å². The number of carbonyl (C=O) groups excluding carboxylic acids is 1. The molecule has 0 saturated heterocycles. The average Bonchev–Trinajstić information content (AvgIpc) is 2.72. The second-order valence-corrected chi connectivity index (χ2v) is 10.3. The van der Waals surface area contributed by atoms with Crippen LogP contribution in [0, 0.1) is 5.82 Å². The van der Waals surface area contributed by atoms with Gasteiger partial charge in [0.05, 0.1) is 11.9 Å². The molecule has 0 aliphatic heterocycles. The summed E-state index contributed by atoms with van der Waals surface area (Å²) in [7, 11) is -3.67. The van der Waals surface area contributed by atoms with Crippen LogP contribution in [-0.4, -0.2) is 39.4 Å². The van der Waals surface area contributed by atoms with Crippen LogP contribution in [0.3, 0.4) is 0 Å².